The molecule has 0 fully saturated rings. The predicted octanol–water partition coefficient (Wildman–Crippen LogP) is 3.79. The van der Waals surface area contributed by atoms with Crippen LogP contribution >= 0.6 is 7.92 Å². The van der Waals surface area contributed by atoms with E-state index < -0.39 is 5.97 Å². The van der Waals surface area contributed by atoms with Crippen LogP contribution in [0.5, 0.6) is 0 Å². The fraction of sp³-hybridized carbons (Fsp3) is 0.167. The molecule has 0 aliphatic carbocycles. The van der Waals surface area contributed by atoms with Crippen LogP contribution in [-0.2, 0) is 4.79 Å². The van der Waals surface area contributed by atoms with E-state index in [1.54, 1.807) is 0 Å². The van der Waals surface area contributed by atoms with Crippen LogP contribution < -0.4 is 10.6 Å². The average molecular weight is 300 g/mol. The monoisotopic (exact) mass is 300 g/mol. The van der Waals surface area contributed by atoms with E-state index in [2.05, 4.69) is 74.2 Å². The zero-order chi connectivity index (χ0) is 15.7. The Balaban J connectivity index is 0.000000315. The highest BCUT2D eigenvalue weighted by atomic mass is 31.1. The second-order valence-corrected chi connectivity index (χ2v) is 7.02. The van der Waals surface area contributed by atoms with E-state index in [0.717, 1.165) is 0 Å². The first-order valence-electron chi connectivity index (χ1n) is 6.82. The minimum atomic E-state index is -0.935. The van der Waals surface area contributed by atoms with Gasteiger partial charge in [-0.2, -0.15) is 0 Å². The molecule has 0 atom stereocenters. The van der Waals surface area contributed by atoms with Crippen molar-refractivity contribution in [3.63, 3.8) is 0 Å². The summed E-state index contributed by atoms with van der Waals surface area (Å²) in [6.07, 6.45) is 1.21. The van der Waals surface area contributed by atoms with Crippen molar-refractivity contribution < 1.29 is 9.90 Å². The van der Waals surface area contributed by atoms with Crippen molar-refractivity contribution in [1.29, 1.82) is 0 Å². The molecule has 2 nitrogen and oxygen atoms in total. The summed E-state index contributed by atoms with van der Waals surface area (Å²) in [6.45, 7) is 6.87. The van der Waals surface area contributed by atoms with Gasteiger partial charge >= 0.3 is 5.97 Å². The molecule has 21 heavy (non-hydrogen) atoms. The number of carbonyl (C=O) groups is 1. The predicted molar refractivity (Wildman–Crippen MR) is 92.1 cm³/mol. The summed E-state index contributed by atoms with van der Waals surface area (Å²) in [7, 11) is -0.149. The lowest BCUT2D eigenvalue weighted by atomic mass is 10.4. The number of carboxylic acids is 1. The molecule has 0 spiro atoms. The minimum absolute atomic E-state index is 0.149. The Morgan fingerprint density at radius 2 is 1.33 bits per heavy atom. The molecule has 0 aliphatic heterocycles. The van der Waals surface area contributed by atoms with Crippen molar-refractivity contribution in [2.24, 2.45) is 0 Å². The summed E-state index contributed by atoms with van der Waals surface area (Å²) in [4.78, 5) is 9.60. The van der Waals surface area contributed by atoms with Crippen LogP contribution in [0.3, 0.4) is 0 Å². The smallest absolute Gasteiger partial charge is 0.330 e. The van der Waals surface area contributed by atoms with Gasteiger partial charge in [0.2, 0.25) is 0 Å². The SMILES string of the molecule is C=C(C)C(=O)O.CCP(c1ccccc1)c1ccccc1. The number of hydrogen-bond donors (Lipinski definition) is 1. The van der Waals surface area contributed by atoms with E-state index in [0.29, 0.717) is 0 Å². The Kier molecular flexibility index (Phi) is 7.42. The molecule has 0 saturated heterocycles. The molecular weight excluding hydrogens is 279 g/mol. The molecule has 0 amide bonds. The molecule has 0 aliphatic rings. The average Bonchev–Trinajstić information content (AvgIpc) is 2.51. The summed E-state index contributed by atoms with van der Waals surface area (Å²) in [5.74, 6) is -0.935. The molecule has 0 heterocycles. The number of aliphatic carboxylic acids is 1. The normalized spacial score (nSPS) is 9.67. The van der Waals surface area contributed by atoms with Gasteiger partial charge in [0.25, 0.3) is 0 Å². The van der Waals surface area contributed by atoms with Crippen LogP contribution in [0.1, 0.15) is 13.8 Å². The van der Waals surface area contributed by atoms with Crippen molar-refractivity contribution in [2.45, 2.75) is 13.8 Å². The van der Waals surface area contributed by atoms with Crippen LogP contribution in [0.4, 0.5) is 0 Å². The van der Waals surface area contributed by atoms with E-state index in [9.17, 15) is 4.79 Å². The molecule has 2 aromatic rings. The lowest BCUT2D eigenvalue weighted by Crippen LogP contribution is -2.12. The molecule has 0 bridgehead atoms. The molecule has 0 radical (unpaired) electrons. The Labute approximate surface area is 127 Å². The van der Waals surface area contributed by atoms with Gasteiger partial charge in [-0.15, -0.1) is 0 Å². The van der Waals surface area contributed by atoms with E-state index in [4.69, 9.17) is 5.11 Å². The van der Waals surface area contributed by atoms with Gasteiger partial charge in [0.05, 0.1) is 0 Å². The Bertz CT molecular complexity index is 513. The summed E-state index contributed by atoms with van der Waals surface area (Å²) in [5, 5.41) is 10.8. The summed E-state index contributed by atoms with van der Waals surface area (Å²) in [6, 6.07) is 21.6. The Hall–Kier alpha value is -1.92. The van der Waals surface area contributed by atoms with E-state index >= 15 is 0 Å². The molecule has 0 aromatic heterocycles. The lowest BCUT2D eigenvalue weighted by molar-refractivity contribution is -0.132. The maximum atomic E-state index is 9.60. The quantitative estimate of drug-likeness (QED) is 0.689. The highest BCUT2D eigenvalue weighted by Crippen LogP contribution is 2.32. The molecule has 110 valence electrons. The zero-order valence-electron chi connectivity index (χ0n) is 12.5. The zero-order valence-corrected chi connectivity index (χ0v) is 13.4. The van der Waals surface area contributed by atoms with Crippen LogP contribution in [-0.4, -0.2) is 17.2 Å². The second-order valence-electron chi connectivity index (χ2n) is 4.50. The largest absolute Gasteiger partial charge is 0.478 e. The van der Waals surface area contributed by atoms with E-state index in [-0.39, 0.29) is 13.5 Å². The van der Waals surface area contributed by atoms with Crippen LogP contribution in [0, 0.1) is 0 Å². The highest BCUT2D eigenvalue weighted by Gasteiger charge is 2.09. The fourth-order valence-corrected chi connectivity index (χ4v) is 3.82. The van der Waals surface area contributed by atoms with Crippen molar-refractivity contribution in [1.82, 2.24) is 0 Å². The maximum absolute atomic E-state index is 9.60. The number of hydrogen-bond acceptors (Lipinski definition) is 1. The van der Waals surface area contributed by atoms with Crippen LogP contribution in [0.2, 0.25) is 0 Å². The van der Waals surface area contributed by atoms with Gasteiger partial charge in [-0.3, -0.25) is 0 Å². The van der Waals surface area contributed by atoms with Gasteiger partial charge in [-0.1, -0.05) is 74.2 Å². The minimum Gasteiger partial charge on any atom is -0.478 e. The second kappa shape index (κ2) is 9.10. The van der Waals surface area contributed by atoms with Gasteiger partial charge in [-0.05, 0) is 31.6 Å². The standard InChI is InChI=1S/C14H15P.C4H6O2/c1-2-15(13-9-5-3-6-10-13)14-11-7-4-8-12-14;1-3(2)4(5)6/h3-12H,2H2,1H3;1H2,2H3,(H,5,6). The van der Waals surface area contributed by atoms with Gasteiger partial charge in [0.1, 0.15) is 0 Å². The third-order valence-corrected chi connectivity index (χ3v) is 5.29. The third-order valence-electron chi connectivity index (χ3n) is 2.82. The maximum Gasteiger partial charge on any atom is 0.330 e. The highest BCUT2D eigenvalue weighted by molar-refractivity contribution is 7.72. The van der Waals surface area contributed by atoms with Crippen molar-refractivity contribution in [3.8, 4) is 0 Å². The first-order chi connectivity index (χ1) is 10.1. The van der Waals surface area contributed by atoms with E-state index in [1.165, 1.54) is 23.7 Å². The van der Waals surface area contributed by atoms with Gasteiger partial charge in [-0.25, -0.2) is 4.79 Å². The van der Waals surface area contributed by atoms with Gasteiger partial charge in [0.15, 0.2) is 0 Å². The van der Waals surface area contributed by atoms with Crippen LogP contribution in [0.25, 0.3) is 0 Å². The molecular formula is C18H21O2P. The lowest BCUT2D eigenvalue weighted by Gasteiger charge is -2.16. The first kappa shape index (κ1) is 17.1. The van der Waals surface area contributed by atoms with Crippen molar-refractivity contribution >= 4 is 24.5 Å². The van der Waals surface area contributed by atoms with Gasteiger partial charge in [0, 0.05) is 5.57 Å². The molecule has 3 heteroatoms. The van der Waals surface area contributed by atoms with Crippen molar-refractivity contribution in [2.75, 3.05) is 6.16 Å². The van der Waals surface area contributed by atoms with Crippen molar-refractivity contribution in [3.05, 3.63) is 72.8 Å². The molecule has 2 rings (SSSR count). The fourth-order valence-electron chi connectivity index (χ4n) is 1.73. The van der Waals surface area contributed by atoms with Crippen LogP contribution in [0.15, 0.2) is 72.8 Å². The Morgan fingerprint density at radius 1 is 1.00 bits per heavy atom. The first-order valence-corrected chi connectivity index (χ1v) is 8.35. The Morgan fingerprint density at radius 3 is 1.57 bits per heavy atom. The summed E-state index contributed by atoms with van der Waals surface area (Å²) >= 11 is 0. The number of benzene rings is 2. The molecule has 1 N–H and O–H groups in total. The van der Waals surface area contributed by atoms with E-state index in [1.807, 2.05) is 0 Å². The number of carboxylic acid groups (broad SMARTS) is 1. The number of rotatable bonds is 4. The topological polar surface area (TPSA) is 37.3 Å². The molecule has 2 aromatic carbocycles. The summed E-state index contributed by atoms with van der Waals surface area (Å²) in [5.41, 5.74) is 0.176. The molecule has 0 unspecified atom stereocenters. The van der Waals surface area contributed by atoms with Gasteiger partial charge < -0.3 is 5.11 Å². The molecule has 0 saturated carbocycles. The third kappa shape index (κ3) is 5.93. The summed E-state index contributed by atoms with van der Waals surface area (Å²) < 4.78 is 0.